The number of methoxy groups -OCH3 is 1. The summed E-state index contributed by atoms with van der Waals surface area (Å²) in [6, 6.07) is 4.26. The van der Waals surface area contributed by atoms with Crippen LogP contribution in [0.2, 0.25) is 5.02 Å². The lowest BCUT2D eigenvalue weighted by atomic mass is 10.1. The number of aromatic amines is 1. The van der Waals surface area contributed by atoms with E-state index in [4.69, 9.17) is 26.2 Å². The fraction of sp³-hybridized carbons (Fsp3) is 0.333. The minimum absolute atomic E-state index is 0.208. The Balaban J connectivity index is 0.00000115. The van der Waals surface area contributed by atoms with Gasteiger partial charge in [-0.25, -0.2) is 24.1 Å². The summed E-state index contributed by atoms with van der Waals surface area (Å²) in [4.78, 5) is 44.3. The number of nitrogens with zero attached hydrogens (tertiary/aromatic N) is 3. The molecule has 3 aromatic rings. The summed E-state index contributed by atoms with van der Waals surface area (Å²) < 4.78 is 18.9. The first-order valence-corrected chi connectivity index (χ1v) is 11.5. The highest BCUT2D eigenvalue weighted by Gasteiger charge is 2.30. The van der Waals surface area contributed by atoms with Crippen molar-refractivity contribution >= 4 is 42.9 Å². The predicted molar refractivity (Wildman–Crippen MR) is 139 cm³/mol. The normalized spacial score (nSPS) is 12.7. The smallest absolute Gasteiger partial charge is 0.407 e. The lowest BCUT2D eigenvalue weighted by Crippen LogP contribution is -2.37. The Labute approximate surface area is 218 Å². The van der Waals surface area contributed by atoms with Gasteiger partial charge in [0.1, 0.15) is 25.2 Å². The highest BCUT2D eigenvalue weighted by atomic mass is 35.5. The van der Waals surface area contributed by atoms with E-state index in [1.807, 2.05) is 20.5 Å². The third-order valence-electron chi connectivity index (χ3n) is 5.28. The second-order valence-corrected chi connectivity index (χ2v) is 8.25. The molecular weight excluding hydrogens is 505 g/mol. The van der Waals surface area contributed by atoms with Crippen LogP contribution < -0.4 is 16.0 Å². The Morgan fingerprint density at radius 1 is 1.27 bits per heavy atom. The number of benzene rings is 1. The minimum Gasteiger partial charge on any atom is -0.453 e. The maximum Gasteiger partial charge on any atom is 0.407 e. The Hall–Kier alpha value is -4.06. The van der Waals surface area contributed by atoms with Crippen molar-refractivity contribution in [1.29, 1.82) is 0 Å². The van der Waals surface area contributed by atoms with Crippen molar-refractivity contribution in [2.45, 2.75) is 31.7 Å². The van der Waals surface area contributed by atoms with Crippen molar-refractivity contribution in [3.63, 3.8) is 0 Å². The molecule has 1 aliphatic rings. The Bertz CT molecular complexity index is 1200. The Kier molecular flexibility index (Phi) is 10.9. The summed E-state index contributed by atoms with van der Waals surface area (Å²) in [5, 5.41) is 9.07. The van der Waals surface area contributed by atoms with Crippen molar-refractivity contribution in [2.24, 2.45) is 0 Å². The van der Waals surface area contributed by atoms with Gasteiger partial charge in [0, 0.05) is 37.3 Å². The van der Waals surface area contributed by atoms with Gasteiger partial charge >= 0.3 is 6.09 Å². The van der Waals surface area contributed by atoms with E-state index in [1.54, 1.807) is 19.3 Å². The van der Waals surface area contributed by atoms with Crippen molar-refractivity contribution in [3.8, 4) is 22.6 Å². The lowest BCUT2D eigenvalue weighted by Gasteiger charge is -2.14. The van der Waals surface area contributed by atoms with Crippen LogP contribution in [0, 0.1) is 5.82 Å². The van der Waals surface area contributed by atoms with Gasteiger partial charge in [-0.05, 0) is 38.0 Å². The molecule has 13 heteroatoms. The number of nitrogens with one attached hydrogen (secondary N) is 4. The van der Waals surface area contributed by atoms with Gasteiger partial charge in [-0.1, -0.05) is 11.6 Å². The molecule has 1 saturated carbocycles. The van der Waals surface area contributed by atoms with Gasteiger partial charge in [0.05, 0.1) is 34.9 Å². The number of alkyl carbamates (subject to hydrolysis) is 1. The number of halogens is 2. The van der Waals surface area contributed by atoms with Gasteiger partial charge in [0.15, 0.2) is 0 Å². The van der Waals surface area contributed by atoms with E-state index in [9.17, 15) is 9.18 Å². The van der Waals surface area contributed by atoms with E-state index in [1.165, 1.54) is 19.2 Å². The van der Waals surface area contributed by atoms with Crippen LogP contribution in [-0.4, -0.2) is 66.4 Å². The summed E-state index contributed by atoms with van der Waals surface area (Å²) in [6.07, 6.45) is 3.21. The molecule has 0 saturated heterocycles. The number of amides is 1. The summed E-state index contributed by atoms with van der Waals surface area (Å²) in [5.41, 5.74) is 2.71. The van der Waals surface area contributed by atoms with E-state index in [0.29, 0.717) is 51.8 Å². The molecule has 198 valence electrons. The van der Waals surface area contributed by atoms with Crippen LogP contribution in [0.3, 0.4) is 0 Å². The zero-order valence-electron chi connectivity index (χ0n) is 20.7. The standard InChI is InChI=1S/C22H25ClFN7O2.2CH2O/c1-11(28-22(32)33-3)10-27-21-26-7-6-15(29-21)19-18(30-20(31-19)12-4-5-12)14-8-13(24)9-16(25-2)17(14)23;2*1-2/h6-9,11-12,25H,4-5,10H2,1-3H3,(H,28,32)(H,30,31)(H,26,27,29);2*1H2. The molecule has 0 radical (unpaired) electrons. The molecule has 0 aliphatic heterocycles. The number of hydrogen-bond donors (Lipinski definition) is 4. The average Bonchev–Trinajstić information content (AvgIpc) is 3.69. The fourth-order valence-electron chi connectivity index (χ4n) is 3.40. The number of carbonyl (C=O) groups is 3. The topological polar surface area (TPSA) is 151 Å². The SMILES string of the molecule is C=O.C=O.CNc1cc(F)cc(-c2nc(C3CC3)[nH]c2-c2ccnc(NCC(C)NC(=O)OC)n2)c1Cl. The average molecular weight is 534 g/mol. The van der Waals surface area contributed by atoms with Gasteiger partial charge < -0.3 is 35.3 Å². The van der Waals surface area contributed by atoms with Crippen LogP contribution in [0.15, 0.2) is 24.4 Å². The van der Waals surface area contributed by atoms with Gasteiger partial charge in [-0.15, -0.1) is 0 Å². The molecule has 1 aromatic carbocycles. The molecule has 1 aliphatic carbocycles. The van der Waals surface area contributed by atoms with Gasteiger partial charge in [-0.3, -0.25) is 0 Å². The van der Waals surface area contributed by atoms with Gasteiger partial charge in [0.2, 0.25) is 5.95 Å². The third kappa shape index (κ3) is 7.46. The maximum atomic E-state index is 14.3. The number of carbonyl (C=O) groups excluding carboxylic acids is 3. The first kappa shape index (κ1) is 29.2. The van der Waals surface area contributed by atoms with Crippen LogP contribution >= 0.6 is 11.6 Å². The molecule has 1 amide bonds. The highest BCUT2D eigenvalue weighted by molar-refractivity contribution is 6.36. The van der Waals surface area contributed by atoms with Crippen LogP contribution in [-0.2, 0) is 14.3 Å². The minimum atomic E-state index is -0.512. The van der Waals surface area contributed by atoms with E-state index < -0.39 is 11.9 Å². The second-order valence-electron chi connectivity index (χ2n) is 7.87. The molecule has 4 rings (SSSR count). The van der Waals surface area contributed by atoms with Crippen LogP contribution in [0.5, 0.6) is 0 Å². The van der Waals surface area contributed by atoms with Crippen LogP contribution in [0.1, 0.15) is 31.5 Å². The quantitative estimate of drug-likeness (QED) is 0.336. The van der Waals surface area contributed by atoms with Crippen LogP contribution in [0.4, 0.5) is 20.8 Å². The van der Waals surface area contributed by atoms with E-state index >= 15 is 0 Å². The van der Waals surface area contributed by atoms with Gasteiger partial charge in [0.25, 0.3) is 0 Å². The summed E-state index contributed by atoms with van der Waals surface area (Å²) >= 11 is 6.58. The molecule has 11 nitrogen and oxygen atoms in total. The molecule has 2 aromatic heterocycles. The number of imidazole rings is 1. The Morgan fingerprint density at radius 3 is 2.59 bits per heavy atom. The molecule has 0 bridgehead atoms. The molecular formula is C24H29ClFN7O4. The predicted octanol–water partition coefficient (Wildman–Crippen LogP) is 4.03. The van der Waals surface area contributed by atoms with E-state index in [-0.39, 0.29) is 6.04 Å². The third-order valence-corrected chi connectivity index (χ3v) is 5.68. The van der Waals surface area contributed by atoms with Crippen molar-refractivity contribution < 1.29 is 23.5 Å². The molecule has 0 spiro atoms. The molecule has 1 unspecified atom stereocenters. The largest absolute Gasteiger partial charge is 0.453 e. The molecule has 2 heterocycles. The number of H-pyrrole nitrogens is 1. The molecule has 4 N–H and O–H groups in total. The zero-order chi connectivity index (χ0) is 27.5. The second kappa shape index (κ2) is 13.9. The Morgan fingerprint density at radius 2 is 1.97 bits per heavy atom. The maximum absolute atomic E-state index is 14.3. The number of hydrogen-bond acceptors (Lipinski definition) is 9. The highest BCUT2D eigenvalue weighted by Crippen LogP contribution is 2.43. The fourth-order valence-corrected chi connectivity index (χ4v) is 3.70. The number of anilines is 2. The number of aromatic nitrogens is 4. The summed E-state index contributed by atoms with van der Waals surface area (Å²) in [7, 11) is 2.99. The van der Waals surface area contributed by atoms with E-state index in [0.717, 1.165) is 18.7 Å². The number of rotatable bonds is 8. The first-order chi connectivity index (χ1) is 17.9. The summed E-state index contributed by atoms with van der Waals surface area (Å²) in [6.45, 7) is 6.22. The molecule has 1 fully saturated rings. The van der Waals surface area contributed by atoms with Crippen molar-refractivity contribution in [2.75, 3.05) is 31.3 Å². The van der Waals surface area contributed by atoms with Crippen molar-refractivity contribution in [1.82, 2.24) is 25.3 Å². The number of ether oxygens (including phenoxy) is 1. The van der Waals surface area contributed by atoms with Crippen molar-refractivity contribution in [3.05, 3.63) is 41.1 Å². The summed E-state index contributed by atoms with van der Waals surface area (Å²) in [5.74, 6) is 1.13. The van der Waals surface area contributed by atoms with Crippen LogP contribution in [0.25, 0.3) is 22.6 Å². The lowest BCUT2D eigenvalue weighted by molar-refractivity contribution is -0.0987. The van der Waals surface area contributed by atoms with Gasteiger partial charge in [-0.2, -0.15) is 0 Å². The molecule has 1 atom stereocenters. The molecule has 37 heavy (non-hydrogen) atoms. The first-order valence-electron chi connectivity index (χ1n) is 11.2. The van der Waals surface area contributed by atoms with E-state index in [2.05, 4.69) is 35.6 Å². The monoisotopic (exact) mass is 533 g/mol. The zero-order valence-corrected chi connectivity index (χ0v) is 21.5.